The largest absolute Gasteiger partial charge is 0.496 e. The number of methoxy groups -OCH3 is 1. The van der Waals surface area contributed by atoms with Crippen LogP contribution in [0.1, 0.15) is 16.7 Å². The number of nitrogens with zero attached hydrogens (tertiary/aromatic N) is 1. The molecule has 1 heterocycles. The van der Waals surface area contributed by atoms with Crippen molar-refractivity contribution in [3.8, 4) is 5.75 Å². The molecule has 24 heavy (non-hydrogen) atoms. The van der Waals surface area contributed by atoms with Crippen LogP contribution in [0.2, 0.25) is 0 Å². The maximum Gasteiger partial charge on any atom is 0.151 e. The second-order valence-corrected chi connectivity index (χ2v) is 6.26. The van der Waals surface area contributed by atoms with E-state index in [1.165, 1.54) is 5.56 Å². The van der Waals surface area contributed by atoms with E-state index in [4.69, 9.17) is 4.74 Å². The number of carbonyl (C=O) groups excluding carboxylic acids is 1. The molecule has 1 saturated heterocycles. The highest BCUT2D eigenvalue weighted by molar-refractivity contribution is 5.85. The minimum Gasteiger partial charge on any atom is -0.496 e. The second-order valence-electron chi connectivity index (χ2n) is 6.26. The molecule has 3 nitrogen and oxygen atoms in total. The summed E-state index contributed by atoms with van der Waals surface area (Å²) in [6, 6.07) is 16.3. The molecule has 0 bridgehead atoms. The van der Waals surface area contributed by atoms with Crippen LogP contribution in [0, 0.1) is 5.92 Å². The molecule has 0 N–H and O–H groups in total. The van der Waals surface area contributed by atoms with E-state index in [-0.39, 0.29) is 5.92 Å². The molecule has 3 heteroatoms. The number of rotatable bonds is 6. The van der Waals surface area contributed by atoms with Gasteiger partial charge in [-0.15, -0.1) is 0 Å². The second kappa shape index (κ2) is 7.45. The Balaban J connectivity index is 1.70. The van der Waals surface area contributed by atoms with Gasteiger partial charge in [-0.1, -0.05) is 55.1 Å². The van der Waals surface area contributed by atoms with Gasteiger partial charge in [-0.3, -0.25) is 9.69 Å². The summed E-state index contributed by atoms with van der Waals surface area (Å²) in [4.78, 5) is 14.7. The molecule has 0 aromatic heterocycles. The number of ether oxygens (including phenoxy) is 1. The van der Waals surface area contributed by atoms with E-state index in [2.05, 4.69) is 29.7 Å². The van der Waals surface area contributed by atoms with Crippen molar-refractivity contribution in [3.05, 3.63) is 71.8 Å². The Morgan fingerprint density at radius 3 is 2.71 bits per heavy atom. The third-order valence-corrected chi connectivity index (χ3v) is 4.61. The van der Waals surface area contributed by atoms with Gasteiger partial charge in [0.1, 0.15) is 5.75 Å². The number of carbonyl (C=O) groups is 1. The summed E-state index contributed by atoms with van der Waals surface area (Å²) in [7, 11) is 1.66. The monoisotopic (exact) mass is 321 g/mol. The molecule has 0 aliphatic carbocycles. The molecule has 0 saturated carbocycles. The number of likely N-dealkylation sites (tertiary alicyclic amines) is 1. The van der Waals surface area contributed by atoms with Crippen molar-refractivity contribution < 1.29 is 9.53 Å². The Morgan fingerprint density at radius 1 is 1.21 bits per heavy atom. The van der Waals surface area contributed by atoms with Gasteiger partial charge in [0, 0.05) is 24.6 Å². The Labute approximate surface area is 143 Å². The van der Waals surface area contributed by atoms with Crippen LogP contribution in [0.15, 0.2) is 55.1 Å². The van der Waals surface area contributed by atoms with Gasteiger partial charge in [0.05, 0.1) is 13.7 Å². The SMILES string of the molecule is C=Cc1c(CC2CN(Cc3ccccc3)CC2=O)cccc1OC. The Kier molecular flexibility index (Phi) is 5.11. The third-order valence-electron chi connectivity index (χ3n) is 4.61. The van der Waals surface area contributed by atoms with Crippen molar-refractivity contribution in [1.82, 2.24) is 4.90 Å². The van der Waals surface area contributed by atoms with Crippen LogP contribution in [-0.4, -0.2) is 30.9 Å². The smallest absolute Gasteiger partial charge is 0.151 e. The lowest BCUT2D eigenvalue weighted by atomic mass is 9.94. The summed E-state index contributed by atoms with van der Waals surface area (Å²) >= 11 is 0. The summed E-state index contributed by atoms with van der Waals surface area (Å²) in [6.45, 7) is 6.06. The van der Waals surface area contributed by atoms with Crippen molar-refractivity contribution in [2.45, 2.75) is 13.0 Å². The summed E-state index contributed by atoms with van der Waals surface area (Å²) in [5, 5.41) is 0. The summed E-state index contributed by atoms with van der Waals surface area (Å²) in [5.41, 5.74) is 3.37. The maximum absolute atomic E-state index is 12.4. The number of hydrogen-bond donors (Lipinski definition) is 0. The molecule has 124 valence electrons. The van der Waals surface area contributed by atoms with Crippen LogP contribution in [0.5, 0.6) is 5.75 Å². The summed E-state index contributed by atoms with van der Waals surface area (Å²) in [5.74, 6) is 1.18. The first-order valence-electron chi connectivity index (χ1n) is 8.28. The summed E-state index contributed by atoms with van der Waals surface area (Å²) < 4.78 is 5.40. The van der Waals surface area contributed by atoms with E-state index in [9.17, 15) is 4.79 Å². The van der Waals surface area contributed by atoms with Gasteiger partial charge < -0.3 is 4.74 Å². The van der Waals surface area contributed by atoms with E-state index >= 15 is 0 Å². The van der Waals surface area contributed by atoms with Crippen LogP contribution in [0.4, 0.5) is 0 Å². The van der Waals surface area contributed by atoms with Crippen LogP contribution in [-0.2, 0) is 17.8 Å². The zero-order chi connectivity index (χ0) is 16.9. The molecular weight excluding hydrogens is 298 g/mol. The van der Waals surface area contributed by atoms with E-state index in [0.717, 1.165) is 36.4 Å². The fraction of sp³-hybridized carbons (Fsp3) is 0.286. The molecule has 0 spiro atoms. The lowest BCUT2D eigenvalue weighted by molar-refractivity contribution is -0.119. The van der Waals surface area contributed by atoms with Crippen molar-refractivity contribution in [3.63, 3.8) is 0 Å². The highest BCUT2D eigenvalue weighted by Gasteiger charge is 2.31. The predicted octanol–water partition coefficient (Wildman–Crippen LogP) is 3.58. The summed E-state index contributed by atoms with van der Waals surface area (Å²) in [6.07, 6.45) is 2.55. The Hall–Kier alpha value is -2.39. The lowest BCUT2D eigenvalue weighted by Crippen LogP contribution is -2.20. The normalized spacial score (nSPS) is 17.9. The van der Waals surface area contributed by atoms with Crippen LogP contribution in [0.25, 0.3) is 6.08 Å². The Morgan fingerprint density at radius 2 is 2.00 bits per heavy atom. The number of ketones is 1. The number of hydrogen-bond acceptors (Lipinski definition) is 3. The minimum absolute atomic E-state index is 0.0412. The number of Topliss-reactive ketones (excluding diaryl/α,β-unsaturated/α-hetero) is 1. The zero-order valence-corrected chi connectivity index (χ0v) is 14.1. The molecule has 3 rings (SSSR count). The molecule has 1 aliphatic heterocycles. The molecule has 0 radical (unpaired) electrons. The van der Waals surface area contributed by atoms with Gasteiger partial charge in [-0.05, 0) is 23.6 Å². The van der Waals surface area contributed by atoms with Crippen LogP contribution >= 0.6 is 0 Å². The molecule has 2 aromatic rings. The zero-order valence-electron chi connectivity index (χ0n) is 14.1. The van der Waals surface area contributed by atoms with E-state index in [1.54, 1.807) is 7.11 Å². The van der Waals surface area contributed by atoms with Gasteiger partial charge in [0.25, 0.3) is 0 Å². The quantitative estimate of drug-likeness (QED) is 0.814. The first-order valence-corrected chi connectivity index (χ1v) is 8.28. The maximum atomic E-state index is 12.4. The average molecular weight is 321 g/mol. The fourth-order valence-electron chi connectivity index (χ4n) is 3.41. The van der Waals surface area contributed by atoms with Crippen LogP contribution in [0.3, 0.4) is 0 Å². The Bertz CT molecular complexity index is 724. The molecule has 1 aliphatic rings. The minimum atomic E-state index is 0.0412. The highest BCUT2D eigenvalue weighted by atomic mass is 16.5. The standard InChI is InChI=1S/C21H23NO2/c1-3-19-17(10-7-11-21(19)24-2)12-18-14-22(15-20(18)23)13-16-8-5-4-6-9-16/h3-11,18H,1,12-15H2,2H3. The van der Waals surface area contributed by atoms with Crippen molar-refractivity contribution >= 4 is 11.9 Å². The van der Waals surface area contributed by atoms with E-state index in [0.29, 0.717) is 12.3 Å². The first kappa shape index (κ1) is 16.5. The van der Waals surface area contributed by atoms with E-state index in [1.807, 2.05) is 36.4 Å². The van der Waals surface area contributed by atoms with Gasteiger partial charge in [0.15, 0.2) is 5.78 Å². The van der Waals surface area contributed by atoms with Crippen molar-refractivity contribution in [2.24, 2.45) is 5.92 Å². The van der Waals surface area contributed by atoms with Gasteiger partial charge in [-0.25, -0.2) is 0 Å². The molecular formula is C21H23NO2. The van der Waals surface area contributed by atoms with Gasteiger partial charge in [-0.2, -0.15) is 0 Å². The lowest BCUT2D eigenvalue weighted by Gasteiger charge is -2.16. The highest BCUT2D eigenvalue weighted by Crippen LogP contribution is 2.27. The fourth-order valence-corrected chi connectivity index (χ4v) is 3.41. The van der Waals surface area contributed by atoms with Crippen LogP contribution < -0.4 is 4.74 Å². The molecule has 1 atom stereocenters. The molecule has 0 amide bonds. The first-order chi connectivity index (χ1) is 11.7. The number of benzene rings is 2. The topological polar surface area (TPSA) is 29.5 Å². The van der Waals surface area contributed by atoms with Gasteiger partial charge >= 0.3 is 0 Å². The average Bonchev–Trinajstić information content (AvgIpc) is 2.94. The predicted molar refractivity (Wildman–Crippen MR) is 97.0 cm³/mol. The van der Waals surface area contributed by atoms with Crippen molar-refractivity contribution in [2.75, 3.05) is 20.2 Å². The molecule has 2 aromatic carbocycles. The third kappa shape index (κ3) is 3.57. The van der Waals surface area contributed by atoms with E-state index < -0.39 is 0 Å². The van der Waals surface area contributed by atoms with Gasteiger partial charge in [0.2, 0.25) is 0 Å². The molecule has 1 fully saturated rings. The van der Waals surface area contributed by atoms with Crippen molar-refractivity contribution in [1.29, 1.82) is 0 Å². The molecule has 1 unspecified atom stereocenters.